The number of carbonyl (C=O) groups excluding carboxylic acids is 1. The molecule has 0 saturated carbocycles. The number of carbonyl (C=O) groups is 1. The number of hydrogen-bond acceptors (Lipinski definition) is 3. The van der Waals surface area contributed by atoms with Crippen LogP contribution in [0.3, 0.4) is 0 Å². The Kier molecular flexibility index (Phi) is 7.63. The summed E-state index contributed by atoms with van der Waals surface area (Å²) in [5, 5.41) is 2.82. The van der Waals surface area contributed by atoms with Crippen molar-refractivity contribution in [1.29, 1.82) is 0 Å². The number of nitrogens with zero attached hydrogens (tertiary/aromatic N) is 1. The van der Waals surface area contributed by atoms with Crippen molar-refractivity contribution in [3.05, 3.63) is 59.7 Å². The van der Waals surface area contributed by atoms with Crippen LogP contribution in [-0.2, 0) is 27.7 Å². The molecule has 1 atom stereocenters. The van der Waals surface area contributed by atoms with E-state index in [1.54, 1.807) is 19.1 Å². The van der Waals surface area contributed by atoms with Gasteiger partial charge in [-0.3, -0.25) is 9.10 Å². The Morgan fingerprint density at radius 3 is 2.07 bits per heavy atom. The van der Waals surface area contributed by atoms with Crippen LogP contribution in [-0.4, -0.2) is 26.6 Å². The van der Waals surface area contributed by atoms with Gasteiger partial charge in [-0.25, -0.2) is 8.42 Å². The highest BCUT2D eigenvalue weighted by atomic mass is 32.2. The molecule has 5 nitrogen and oxygen atoms in total. The molecule has 0 spiro atoms. The van der Waals surface area contributed by atoms with E-state index in [1.807, 2.05) is 43.3 Å². The van der Waals surface area contributed by atoms with E-state index in [9.17, 15) is 13.2 Å². The van der Waals surface area contributed by atoms with E-state index in [4.69, 9.17) is 0 Å². The van der Waals surface area contributed by atoms with Crippen molar-refractivity contribution in [3.8, 4) is 0 Å². The summed E-state index contributed by atoms with van der Waals surface area (Å²) >= 11 is 0. The van der Waals surface area contributed by atoms with Crippen LogP contribution < -0.4 is 9.62 Å². The molecule has 0 aliphatic rings. The second-order valence-corrected chi connectivity index (χ2v) is 8.90. The van der Waals surface area contributed by atoms with Gasteiger partial charge in [-0.2, -0.15) is 0 Å². The fourth-order valence-electron chi connectivity index (χ4n) is 3.07. The van der Waals surface area contributed by atoms with Crippen LogP contribution >= 0.6 is 0 Å². The number of anilines is 2. The molecular weight excluding hydrogens is 372 g/mol. The molecule has 0 bridgehead atoms. The van der Waals surface area contributed by atoms with Gasteiger partial charge in [0.15, 0.2) is 0 Å². The minimum absolute atomic E-state index is 0.369. The van der Waals surface area contributed by atoms with Gasteiger partial charge in [-0.1, -0.05) is 44.5 Å². The number of amides is 1. The lowest BCUT2D eigenvalue weighted by molar-refractivity contribution is -0.116. The average Bonchev–Trinajstić information content (AvgIpc) is 2.67. The van der Waals surface area contributed by atoms with Gasteiger partial charge in [-0.05, 0) is 61.6 Å². The Labute approximate surface area is 168 Å². The van der Waals surface area contributed by atoms with E-state index in [-0.39, 0.29) is 5.91 Å². The summed E-state index contributed by atoms with van der Waals surface area (Å²) in [6, 6.07) is 14.1. The second kappa shape index (κ2) is 9.73. The summed E-state index contributed by atoms with van der Waals surface area (Å²) in [5.74, 6) is -0.369. The van der Waals surface area contributed by atoms with Crippen molar-refractivity contribution in [2.75, 3.05) is 15.9 Å². The van der Waals surface area contributed by atoms with Crippen LogP contribution in [0.1, 0.15) is 44.7 Å². The van der Waals surface area contributed by atoms with Crippen LogP contribution in [0.2, 0.25) is 0 Å². The highest BCUT2D eigenvalue weighted by molar-refractivity contribution is 7.92. The number of sulfonamides is 1. The first kappa shape index (κ1) is 22.0. The summed E-state index contributed by atoms with van der Waals surface area (Å²) in [6.45, 7) is 5.78. The molecule has 0 aliphatic carbocycles. The minimum atomic E-state index is -3.62. The maximum absolute atomic E-state index is 12.7. The van der Waals surface area contributed by atoms with Crippen LogP contribution in [0.15, 0.2) is 48.5 Å². The summed E-state index contributed by atoms with van der Waals surface area (Å²) in [6.07, 6.45) is 5.26. The highest BCUT2D eigenvalue weighted by Gasteiger charge is 2.29. The van der Waals surface area contributed by atoms with Gasteiger partial charge in [-0.15, -0.1) is 0 Å². The Hall–Kier alpha value is -2.34. The van der Waals surface area contributed by atoms with E-state index in [0.29, 0.717) is 11.4 Å². The standard InChI is InChI=1S/C22H30N2O3S/c1-5-7-8-19-9-13-20(14-10-19)23-22(25)17(3)24(28(4,26)27)21-15-11-18(6-2)12-16-21/h9-17H,5-8H2,1-4H3,(H,23,25). The normalized spacial score (nSPS) is 12.4. The van der Waals surface area contributed by atoms with Crippen LogP contribution in [0.4, 0.5) is 11.4 Å². The van der Waals surface area contributed by atoms with Crippen molar-refractivity contribution < 1.29 is 13.2 Å². The number of benzene rings is 2. The number of hydrogen-bond donors (Lipinski definition) is 1. The molecule has 28 heavy (non-hydrogen) atoms. The SMILES string of the molecule is CCCCc1ccc(NC(=O)C(C)N(c2ccc(CC)cc2)S(C)(=O)=O)cc1. The summed E-state index contributed by atoms with van der Waals surface area (Å²) in [4.78, 5) is 12.7. The molecule has 2 aromatic rings. The molecule has 2 aromatic carbocycles. The molecule has 152 valence electrons. The summed E-state index contributed by atoms with van der Waals surface area (Å²) in [7, 11) is -3.62. The van der Waals surface area contributed by atoms with Gasteiger partial charge in [0.25, 0.3) is 0 Å². The first-order chi connectivity index (χ1) is 13.3. The lowest BCUT2D eigenvalue weighted by Gasteiger charge is -2.28. The molecule has 0 fully saturated rings. The summed E-state index contributed by atoms with van der Waals surface area (Å²) in [5.41, 5.74) is 3.48. The monoisotopic (exact) mass is 402 g/mol. The Bertz CT molecular complexity index is 875. The molecule has 0 heterocycles. The zero-order valence-corrected chi connectivity index (χ0v) is 17.9. The molecule has 2 rings (SSSR count). The molecule has 1 N–H and O–H groups in total. The second-order valence-electron chi connectivity index (χ2n) is 7.04. The molecule has 6 heteroatoms. The van der Waals surface area contributed by atoms with Crippen molar-refractivity contribution in [2.24, 2.45) is 0 Å². The van der Waals surface area contributed by atoms with E-state index < -0.39 is 16.1 Å². The van der Waals surface area contributed by atoms with Crippen molar-refractivity contribution in [2.45, 2.75) is 52.5 Å². The topological polar surface area (TPSA) is 66.5 Å². The van der Waals surface area contributed by atoms with E-state index >= 15 is 0 Å². The third-order valence-electron chi connectivity index (χ3n) is 4.73. The van der Waals surface area contributed by atoms with Crippen LogP contribution in [0.5, 0.6) is 0 Å². The molecule has 1 amide bonds. The Morgan fingerprint density at radius 1 is 1.00 bits per heavy atom. The third kappa shape index (κ3) is 5.83. The van der Waals surface area contributed by atoms with Gasteiger partial charge in [0.05, 0.1) is 11.9 Å². The maximum Gasteiger partial charge on any atom is 0.247 e. The van der Waals surface area contributed by atoms with Gasteiger partial charge in [0, 0.05) is 5.69 Å². The van der Waals surface area contributed by atoms with Crippen molar-refractivity contribution in [1.82, 2.24) is 0 Å². The first-order valence-electron chi connectivity index (χ1n) is 9.74. The van der Waals surface area contributed by atoms with Crippen LogP contribution in [0, 0.1) is 0 Å². The minimum Gasteiger partial charge on any atom is -0.324 e. The molecule has 0 saturated heterocycles. The number of aryl methyl sites for hydroxylation is 2. The molecule has 0 aromatic heterocycles. The van der Waals surface area contributed by atoms with Gasteiger partial charge in [0.2, 0.25) is 15.9 Å². The fourth-order valence-corrected chi connectivity index (χ4v) is 4.24. The number of rotatable bonds is 9. The largest absolute Gasteiger partial charge is 0.324 e. The quantitative estimate of drug-likeness (QED) is 0.677. The Balaban J connectivity index is 2.17. The van der Waals surface area contributed by atoms with Crippen molar-refractivity contribution in [3.63, 3.8) is 0 Å². The predicted molar refractivity (Wildman–Crippen MR) is 116 cm³/mol. The summed E-state index contributed by atoms with van der Waals surface area (Å²) < 4.78 is 25.9. The fraction of sp³-hybridized carbons (Fsp3) is 0.409. The van der Waals surface area contributed by atoms with Gasteiger partial charge in [0.1, 0.15) is 6.04 Å². The maximum atomic E-state index is 12.7. The first-order valence-corrected chi connectivity index (χ1v) is 11.6. The zero-order chi connectivity index (χ0) is 20.7. The van der Waals surface area contributed by atoms with Crippen molar-refractivity contribution >= 4 is 27.3 Å². The molecular formula is C22H30N2O3S. The molecule has 0 radical (unpaired) electrons. The lowest BCUT2D eigenvalue weighted by Crippen LogP contribution is -2.45. The van der Waals surface area contributed by atoms with Crippen LogP contribution in [0.25, 0.3) is 0 Å². The van der Waals surface area contributed by atoms with Gasteiger partial charge >= 0.3 is 0 Å². The zero-order valence-electron chi connectivity index (χ0n) is 17.1. The van der Waals surface area contributed by atoms with E-state index in [0.717, 1.165) is 41.8 Å². The predicted octanol–water partition coefficient (Wildman–Crippen LogP) is 4.38. The lowest BCUT2D eigenvalue weighted by atomic mass is 10.1. The van der Waals surface area contributed by atoms with E-state index in [2.05, 4.69) is 12.2 Å². The average molecular weight is 403 g/mol. The van der Waals surface area contributed by atoms with E-state index in [1.165, 1.54) is 5.56 Å². The third-order valence-corrected chi connectivity index (χ3v) is 5.97. The highest BCUT2D eigenvalue weighted by Crippen LogP contribution is 2.22. The number of unbranched alkanes of at least 4 members (excludes halogenated alkanes) is 1. The smallest absolute Gasteiger partial charge is 0.247 e. The molecule has 1 unspecified atom stereocenters. The molecule has 0 aliphatic heterocycles. The van der Waals surface area contributed by atoms with Gasteiger partial charge < -0.3 is 5.32 Å². The Morgan fingerprint density at radius 2 is 1.57 bits per heavy atom. The number of nitrogens with one attached hydrogen (secondary N) is 1.